The molecule has 0 unspecified atom stereocenters. The molecule has 0 radical (unpaired) electrons. The Kier molecular flexibility index (Phi) is 7.62. The summed E-state index contributed by atoms with van der Waals surface area (Å²) in [6.07, 6.45) is 5.90. The fraction of sp³-hybridized carbons (Fsp3) is 0.125. The molecule has 0 saturated heterocycles. The largest absolute Gasteiger partial charge is 0.507 e. The highest BCUT2D eigenvalue weighted by Gasteiger charge is 2.25. The van der Waals surface area contributed by atoms with Crippen molar-refractivity contribution in [3.05, 3.63) is 169 Å². The lowest BCUT2D eigenvalue weighted by atomic mass is 9.84. The van der Waals surface area contributed by atoms with Crippen molar-refractivity contribution in [1.82, 2.24) is 14.5 Å². The lowest BCUT2D eigenvalue weighted by Crippen LogP contribution is -2.11. The van der Waals surface area contributed by atoms with Crippen LogP contribution in [0.25, 0.3) is 72.6 Å². The van der Waals surface area contributed by atoms with Crippen LogP contribution in [0.3, 0.4) is 0 Å². The second kappa shape index (κ2) is 12.5. The van der Waals surface area contributed by atoms with E-state index in [1.807, 2.05) is 18.3 Å². The molecule has 52 heavy (non-hydrogen) atoms. The number of aromatic nitrogens is 3. The van der Waals surface area contributed by atoms with Gasteiger partial charge in [-0.25, -0.2) is 4.98 Å². The number of para-hydroxylation sites is 1. The number of pyridine rings is 1. The van der Waals surface area contributed by atoms with E-state index in [9.17, 15) is 5.11 Å². The van der Waals surface area contributed by atoms with Crippen LogP contribution in [0.15, 0.2) is 152 Å². The van der Waals surface area contributed by atoms with Crippen molar-refractivity contribution in [3.63, 3.8) is 0 Å². The number of hydrogen-bond donors (Lipinski definition) is 1. The lowest BCUT2D eigenvalue weighted by molar-refractivity contribution is 0.476. The Balaban J connectivity index is 1.37. The van der Waals surface area contributed by atoms with Crippen molar-refractivity contribution in [2.24, 2.45) is 0 Å². The molecule has 1 aliphatic carbocycles. The minimum atomic E-state index is -0.0710. The van der Waals surface area contributed by atoms with Crippen LogP contribution < -0.4 is 0 Å². The second-order valence-electron chi connectivity index (χ2n) is 14.8. The fourth-order valence-corrected chi connectivity index (χ4v) is 7.75. The minimum Gasteiger partial charge on any atom is -0.507 e. The first-order valence-corrected chi connectivity index (χ1v) is 18.0. The molecule has 252 valence electrons. The zero-order chi connectivity index (χ0) is 35.4. The molecule has 1 N–H and O–H groups in total. The van der Waals surface area contributed by atoms with Gasteiger partial charge < -0.3 is 5.11 Å². The first-order chi connectivity index (χ1) is 25.3. The third-order valence-corrected chi connectivity index (χ3v) is 10.4. The topological polar surface area (TPSA) is 50.9 Å². The average molecular weight is 674 g/mol. The molecule has 0 spiro atoms. The molecule has 0 amide bonds. The summed E-state index contributed by atoms with van der Waals surface area (Å²) in [5.41, 5.74) is 14.8. The van der Waals surface area contributed by atoms with Gasteiger partial charge in [-0.05, 0) is 82.0 Å². The van der Waals surface area contributed by atoms with Crippen molar-refractivity contribution in [3.8, 4) is 67.5 Å². The molecule has 0 aliphatic heterocycles. The van der Waals surface area contributed by atoms with E-state index in [2.05, 4.69) is 153 Å². The predicted octanol–water partition coefficient (Wildman–Crippen LogP) is 11.9. The highest BCUT2D eigenvalue weighted by molar-refractivity contribution is 5.95. The number of rotatable bonds is 5. The highest BCUT2D eigenvalue weighted by Crippen LogP contribution is 2.44. The van der Waals surface area contributed by atoms with E-state index in [1.165, 1.54) is 16.7 Å². The normalized spacial score (nSPS) is 12.4. The molecule has 2 aromatic heterocycles. The van der Waals surface area contributed by atoms with Gasteiger partial charge in [-0.2, -0.15) is 0 Å². The van der Waals surface area contributed by atoms with E-state index >= 15 is 0 Å². The number of phenolic OH excluding ortho intramolecular Hbond substituents is 1. The molecule has 8 aromatic rings. The predicted molar refractivity (Wildman–Crippen MR) is 214 cm³/mol. The van der Waals surface area contributed by atoms with E-state index in [0.29, 0.717) is 5.75 Å². The van der Waals surface area contributed by atoms with E-state index in [-0.39, 0.29) is 5.41 Å². The van der Waals surface area contributed by atoms with Gasteiger partial charge in [0.15, 0.2) is 0 Å². The maximum absolute atomic E-state index is 11.1. The first kappa shape index (κ1) is 31.7. The van der Waals surface area contributed by atoms with Gasteiger partial charge in [0.2, 0.25) is 0 Å². The molecule has 4 nitrogen and oxygen atoms in total. The summed E-state index contributed by atoms with van der Waals surface area (Å²) in [5.74, 6) is 1.14. The van der Waals surface area contributed by atoms with Crippen LogP contribution in [0.1, 0.15) is 37.5 Å². The van der Waals surface area contributed by atoms with Gasteiger partial charge >= 0.3 is 0 Å². The number of imidazole rings is 1. The molecular formula is C48H39N3O. The number of aryl methyl sites for hydroxylation is 2. The highest BCUT2D eigenvalue weighted by atomic mass is 16.3. The minimum absolute atomic E-state index is 0.0710. The van der Waals surface area contributed by atoms with Crippen LogP contribution in [0, 0.1) is 0 Å². The third kappa shape index (κ3) is 5.48. The van der Waals surface area contributed by atoms with Gasteiger partial charge in [0.05, 0.1) is 16.9 Å². The number of fused-ring (bicyclic) bond motifs is 4. The Bertz CT molecular complexity index is 2550. The summed E-state index contributed by atoms with van der Waals surface area (Å²) in [5, 5.41) is 12.2. The molecule has 6 aromatic carbocycles. The third-order valence-electron chi connectivity index (χ3n) is 10.4. The van der Waals surface area contributed by atoms with E-state index in [0.717, 1.165) is 85.5 Å². The van der Waals surface area contributed by atoms with E-state index in [1.54, 1.807) is 6.07 Å². The lowest BCUT2D eigenvalue weighted by Gasteiger charge is -2.22. The quantitative estimate of drug-likeness (QED) is 0.198. The molecule has 0 fully saturated rings. The van der Waals surface area contributed by atoms with Gasteiger partial charge in [0, 0.05) is 45.6 Å². The Labute approximate surface area is 304 Å². The van der Waals surface area contributed by atoms with Crippen LogP contribution >= 0.6 is 0 Å². The van der Waals surface area contributed by atoms with Crippen molar-refractivity contribution in [2.75, 3.05) is 0 Å². The van der Waals surface area contributed by atoms with Crippen LogP contribution in [0.2, 0.25) is 0 Å². The molecule has 0 bridgehead atoms. The Morgan fingerprint density at radius 2 is 1.29 bits per heavy atom. The summed E-state index contributed by atoms with van der Waals surface area (Å²) >= 11 is 0. The number of hydrogen-bond acceptors (Lipinski definition) is 3. The smallest absolute Gasteiger partial charge is 0.145 e. The number of phenols is 1. The van der Waals surface area contributed by atoms with Crippen LogP contribution in [0.5, 0.6) is 5.75 Å². The van der Waals surface area contributed by atoms with E-state index < -0.39 is 0 Å². The van der Waals surface area contributed by atoms with Crippen LogP contribution in [-0.4, -0.2) is 19.6 Å². The van der Waals surface area contributed by atoms with Crippen LogP contribution in [-0.2, 0) is 18.3 Å². The Hall–Kier alpha value is -6.26. The van der Waals surface area contributed by atoms with Crippen molar-refractivity contribution < 1.29 is 5.11 Å². The Morgan fingerprint density at radius 3 is 2.00 bits per heavy atom. The zero-order valence-electron chi connectivity index (χ0n) is 29.6. The maximum Gasteiger partial charge on any atom is 0.145 e. The van der Waals surface area contributed by atoms with Gasteiger partial charge in [0.25, 0.3) is 0 Å². The molecule has 0 atom stereocenters. The van der Waals surface area contributed by atoms with Gasteiger partial charge in [-0.3, -0.25) is 9.55 Å². The average Bonchev–Trinajstić information content (AvgIpc) is 3.62. The zero-order valence-corrected chi connectivity index (χ0v) is 29.6. The molecule has 4 heteroatoms. The van der Waals surface area contributed by atoms with Crippen LogP contribution in [0.4, 0.5) is 0 Å². The SMILES string of the molecule is CC(C)(C)c1cc(-c2cn(-c3c(-c4ccccc4)cccc3-c3ccccc3)c(-c3ccc4c(c3)-c3c(O)cccc3CC4)n2)c2ncccc2c1. The summed E-state index contributed by atoms with van der Waals surface area (Å²) in [7, 11) is 0. The van der Waals surface area contributed by atoms with Crippen molar-refractivity contribution >= 4 is 10.9 Å². The number of benzene rings is 6. The van der Waals surface area contributed by atoms with E-state index in [4.69, 9.17) is 9.97 Å². The summed E-state index contributed by atoms with van der Waals surface area (Å²) in [4.78, 5) is 10.5. The molecular weight excluding hydrogens is 635 g/mol. The monoisotopic (exact) mass is 673 g/mol. The summed E-state index contributed by atoms with van der Waals surface area (Å²) in [6, 6.07) is 49.0. The second-order valence-corrected chi connectivity index (χ2v) is 14.8. The standard InChI is InChI=1S/C48H39N3O/c1-48(2,3)37-27-35-18-12-26-49-45(35)41(29-37)42-30-51(46-38(31-13-6-4-7-14-31)19-11-20-39(46)32-15-8-5-9-16-32)47(50-42)36-25-23-33-22-24-34-17-10-21-43(52)44(34)40(33)28-36/h4-21,23,25-30,52H,22,24H2,1-3H3. The van der Waals surface area contributed by atoms with Crippen molar-refractivity contribution in [2.45, 2.75) is 39.0 Å². The van der Waals surface area contributed by atoms with Gasteiger partial charge in [-0.1, -0.05) is 130 Å². The fourth-order valence-electron chi connectivity index (χ4n) is 7.75. The van der Waals surface area contributed by atoms with Gasteiger partial charge in [-0.15, -0.1) is 0 Å². The summed E-state index contributed by atoms with van der Waals surface area (Å²) < 4.78 is 2.29. The molecule has 1 aliphatic rings. The molecule has 0 saturated carbocycles. The molecule has 9 rings (SSSR count). The number of aromatic hydroxyl groups is 1. The molecule has 2 heterocycles. The Morgan fingerprint density at radius 1 is 0.596 bits per heavy atom. The summed E-state index contributed by atoms with van der Waals surface area (Å²) in [6.45, 7) is 6.75. The first-order valence-electron chi connectivity index (χ1n) is 18.0. The van der Waals surface area contributed by atoms with Gasteiger partial charge in [0.1, 0.15) is 11.6 Å². The maximum atomic E-state index is 11.1. The van der Waals surface area contributed by atoms with Crippen molar-refractivity contribution in [1.29, 1.82) is 0 Å². The number of nitrogens with zero attached hydrogens (tertiary/aromatic N) is 3.